The Morgan fingerprint density at radius 3 is 2.45 bits per heavy atom. The summed E-state index contributed by atoms with van der Waals surface area (Å²) in [6.45, 7) is 5.03. The van der Waals surface area contributed by atoms with E-state index in [1.54, 1.807) is 7.11 Å². The number of rotatable bonds is 5. The molecule has 2 N–H and O–H groups in total. The molecule has 0 saturated carbocycles. The van der Waals surface area contributed by atoms with Crippen LogP contribution in [0.15, 0.2) is 54.6 Å². The van der Waals surface area contributed by atoms with Crippen molar-refractivity contribution in [1.82, 2.24) is 10.2 Å². The van der Waals surface area contributed by atoms with E-state index in [1.165, 1.54) is 0 Å². The van der Waals surface area contributed by atoms with E-state index >= 15 is 0 Å². The smallest absolute Gasteiger partial charge is 0.323 e. The molecule has 8 nitrogen and oxygen atoms in total. The minimum Gasteiger partial charge on any atom is -0.495 e. The summed E-state index contributed by atoms with van der Waals surface area (Å²) in [5.74, 6) is 1.46. The molecule has 0 radical (unpaired) electrons. The topological polar surface area (TPSA) is 88.6 Å². The number of methoxy groups -OCH3 is 1. The first-order chi connectivity index (χ1) is 15.1. The highest BCUT2D eigenvalue weighted by Gasteiger charge is 2.13. The van der Waals surface area contributed by atoms with Crippen LogP contribution < -0.4 is 20.3 Å². The van der Waals surface area contributed by atoms with Gasteiger partial charge in [-0.15, -0.1) is 10.2 Å². The summed E-state index contributed by atoms with van der Waals surface area (Å²) in [6, 6.07) is 16.7. The number of morpholine rings is 1. The standard InChI is InChI=1S/C23H25N5O3/c1-16-3-9-21(30-2)20(15-16)25-23(29)24-18-6-4-17(5-7-18)19-8-10-22(27-26-19)28-11-13-31-14-12-28/h3-10,15H,11-14H2,1-2H3,(H2,24,25,29). The Kier molecular flexibility index (Phi) is 6.28. The molecule has 3 aromatic rings. The largest absolute Gasteiger partial charge is 0.495 e. The van der Waals surface area contributed by atoms with E-state index in [0.717, 1.165) is 35.7 Å². The number of carbonyl (C=O) groups excluding carboxylic acids is 1. The fourth-order valence-electron chi connectivity index (χ4n) is 3.37. The molecular formula is C23H25N5O3. The van der Waals surface area contributed by atoms with Crippen LogP contribution in [0.3, 0.4) is 0 Å². The highest BCUT2D eigenvalue weighted by atomic mass is 16.5. The molecule has 1 fully saturated rings. The van der Waals surface area contributed by atoms with Crippen LogP contribution in [0.1, 0.15) is 5.56 Å². The Morgan fingerprint density at radius 1 is 1.00 bits per heavy atom. The number of anilines is 3. The summed E-state index contributed by atoms with van der Waals surface area (Å²) in [5.41, 5.74) is 4.02. The Hall–Kier alpha value is -3.65. The Labute approximate surface area is 181 Å². The van der Waals surface area contributed by atoms with Gasteiger partial charge in [-0.2, -0.15) is 0 Å². The zero-order valence-corrected chi connectivity index (χ0v) is 17.6. The highest BCUT2D eigenvalue weighted by Crippen LogP contribution is 2.26. The van der Waals surface area contributed by atoms with Crippen molar-refractivity contribution >= 4 is 23.2 Å². The normalized spacial score (nSPS) is 13.5. The summed E-state index contributed by atoms with van der Waals surface area (Å²) in [7, 11) is 1.57. The van der Waals surface area contributed by atoms with Crippen molar-refractivity contribution in [2.75, 3.05) is 48.9 Å². The molecule has 0 unspecified atom stereocenters. The molecule has 2 amide bonds. The van der Waals surface area contributed by atoms with Gasteiger partial charge in [-0.25, -0.2) is 4.79 Å². The van der Waals surface area contributed by atoms with Gasteiger partial charge in [-0.1, -0.05) is 18.2 Å². The summed E-state index contributed by atoms with van der Waals surface area (Å²) in [6.07, 6.45) is 0. The maximum Gasteiger partial charge on any atom is 0.323 e. The number of amides is 2. The second kappa shape index (κ2) is 9.44. The molecule has 31 heavy (non-hydrogen) atoms. The molecule has 2 heterocycles. The number of hydrogen-bond acceptors (Lipinski definition) is 6. The predicted octanol–water partition coefficient (Wildman–Crippen LogP) is 3.94. The van der Waals surface area contributed by atoms with Crippen molar-refractivity contribution < 1.29 is 14.3 Å². The van der Waals surface area contributed by atoms with Crippen molar-refractivity contribution in [3.05, 3.63) is 60.2 Å². The average Bonchev–Trinajstić information content (AvgIpc) is 2.80. The van der Waals surface area contributed by atoms with Crippen LogP contribution in [-0.2, 0) is 4.74 Å². The molecular weight excluding hydrogens is 394 g/mol. The van der Waals surface area contributed by atoms with Crippen LogP contribution in [-0.4, -0.2) is 49.6 Å². The summed E-state index contributed by atoms with van der Waals surface area (Å²) in [5, 5.41) is 14.4. The summed E-state index contributed by atoms with van der Waals surface area (Å²) >= 11 is 0. The fourth-order valence-corrected chi connectivity index (χ4v) is 3.37. The SMILES string of the molecule is COc1ccc(C)cc1NC(=O)Nc1ccc(-c2ccc(N3CCOCC3)nn2)cc1. The highest BCUT2D eigenvalue weighted by molar-refractivity contribution is 6.00. The van der Waals surface area contributed by atoms with E-state index in [-0.39, 0.29) is 6.03 Å². The van der Waals surface area contributed by atoms with Gasteiger partial charge in [0.1, 0.15) is 5.75 Å². The molecule has 4 rings (SSSR count). The molecule has 2 aromatic carbocycles. The van der Waals surface area contributed by atoms with Crippen molar-refractivity contribution in [3.8, 4) is 17.0 Å². The first kappa shape index (κ1) is 20.6. The maximum absolute atomic E-state index is 12.4. The summed E-state index contributed by atoms with van der Waals surface area (Å²) < 4.78 is 10.7. The van der Waals surface area contributed by atoms with Gasteiger partial charge < -0.3 is 25.0 Å². The van der Waals surface area contributed by atoms with Gasteiger partial charge in [-0.3, -0.25) is 0 Å². The van der Waals surface area contributed by atoms with E-state index in [4.69, 9.17) is 9.47 Å². The molecule has 1 saturated heterocycles. The molecule has 8 heteroatoms. The van der Waals surface area contributed by atoms with Gasteiger partial charge in [0.05, 0.1) is 31.7 Å². The number of carbonyl (C=O) groups is 1. The van der Waals surface area contributed by atoms with E-state index in [9.17, 15) is 4.79 Å². The molecule has 0 bridgehead atoms. The number of aryl methyl sites for hydroxylation is 1. The van der Waals surface area contributed by atoms with Crippen molar-refractivity contribution in [1.29, 1.82) is 0 Å². The van der Waals surface area contributed by atoms with Gasteiger partial charge in [0, 0.05) is 24.3 Å². The lowest BCUT2D eigenvalue weighted by Crippen LogP contribution is -2.36. The average molecular weight is 419 g/mol. The monoisotopic (exact) mass is 419 g/mol. The van der Waals surface area contributed by atoms with Crippen LogP contribution in [0.4, 0.5) is 22.0 Å². The minimum absolute atomic E-state index is 0.341. The summed E-state index contributed by atoms with van der Waals surface area (Å²) in [4.78, 5) is 14.6. The minimum atomic E-state index is -0.341. The number of hydrogen-bond donors (Lipinski definition) is 2. The number of ether oxygens (including phenoxy) is 2. The molecule has 1 aromatic heterocycles. The lowest BCUT2D eigenvalue weighted by Gasteiger charge is -2.27. The Balaban J connectivity index is 1.39. The van der Waals surface area contributed by atoms with Gasteiger partial charge >= 0.3 is 6.03 Å². The van der Waals surface area contributed by atoms with Crippen LogP contribution in [0.2, 0.25) is 0 Å². The zero-order valence-electron chi connectivity index (χ0n) is 17.6. The first-order valence-corrected chi connectivity index (χ1v) is 10.1. The Bertz CT molecular complexity index is 1030. The van der Waals surface area contributed by atoms with Crippen LogP contribution in [0.5, 0.6) is 5.75 Å². The quantitative estimate of drug-likeness (QED) is 0.651. The molecule has 0 spiro atoms. The predicted molar refractivity (Wildman–Crippen MR) is 121 cm³/mol. The van der Waals surface area contributed by atoms with Gasteiger partial charge in [0.2, 0.25) is 0 Å². The van der Waals surface area contributed by atoms with Gasteiger partial charge in [0.25, 0.3) is 0 Å². The first-order valence-electron chi connectivity index (χ1n) is 10.1. The van der Waals surface area contributed by atoms with Crippen LogP contribution in [0, 0.1) is 6.92 Å². The van der Waals surface area contributed by atoms with E-state index < -0.39 is 0 Å². The number of benzene rings is 2. The zero-order chi connectivity index (χ0) is 21.6. The third-order valence-electron chi connectivity index (χ3n) is 5.03. The van der Waals surface area contributed by atoms with E-state index in [0.29, 0.717) is 30.3 Å². The second-order valence-electron chi connectivity index (χ2n) is 7.24. The second-order valence-corrected chi connectivity index (χ2v) is 7.24. The van der Waals surface area contributed by atoms with Crippen LogP contribution in [0.25, 0.3) is 11.3 Å². The van der Waals surface area contributed by atoms with Gasteiger partial charge in [-0.05, 0) is 48.9 Å². The third kappa shape index (κ3) is 5.10. The molecule has 1 aliphatic heterocycles. The Morgan fingerprint density at radius 2 is 1.77 bits per heavy atom. The number of urea groups is 1. The number of nitrogens with zero attached hydrogens (tertiary/aromatic N) is 3. The van der Waals surface area contributed by atoms with E-state index in [1.807, 2.05) is 61.5 Å². The van der Waals surface area contributed by atoms with Crippen LogP contribution >= 0.6 is 0 Å². The molecule has 1 aliphatic rings. The molecule has 0 atom stereocenters. The number of nitrogens with one attached hydrogen (secondary N) is 2. The fraction of sp³-hybridized carbons (Fsp3) is 0.261. The van der Waals surface area contributed by atoms with Crippen molar-refractivity contribution in [2.45, 2.75) is 6.92 Å². The lowest BCUT2D eigenvalue weighted by atomic mass is 10.1. The molecule has 160 valence electrons. The van der Waals surface area contributed by atoms with E-state index in [2.05, 4.69) is 25.7 Å². The number of aromatic nitrogens is 2. The lowest BCUT2D eigenvalue weighted by molar-refractivity contribution is 0.122. The third-order valence-corrected chi connectivity index (χ3v) is 5.03. The maximum atomic E-state index is 12.4. The molecule has 0 aliphatic carbocycles. The van der Waals surface area contributed by atoms with Crippen molar-refractivity contribution in [2.24, 2.45) is 0 Å². The van der Waals surface area contributed by atoms with Gasteiger partial charge in [0.15, 0.2) is 5.82 Å². The van der Waals surface area contributed by atoms with Crippen molar-refractivity contribution in [3.63, 3.8) is 0 Å².